The van der Waals surface area contributed by atoms with E-state index >= 15 is 0 Å². The largest absolute Gasteiger partial charge is 0.375 e. The van der Waals surface area contributed by atoms with E-state index in [2.05, 4.69) is 13.5 Å². The lowest BCUT2D eigenvalue weighted by atomic mass is 10.1. The van der Waals surface area contributed by atoms with Crippen LogP contribution in [-0.2, 0) is 4.74 Å². The van der Waals surface area contributed by atoms with Crippen molar-refractivity contribution in [2.24, 2.45) is 0 Å². The van der Waals surface area contributed by atoms with Gasteiger partial charge in [-0.05, 0) is 26.2 Å². The molecule has 1 heterocycles. The Hall–Kier alpha value is -0.300. The van der Waals surface area contributed by atoms with Gasteiger partial charge in [0.2, 0.25) is 0 Å². The van der Waals surface area contributed by atoms with E-state index in [1.807, 2.05) is 6.08 Å². The lowest BCUT2D eigenvalue weighted by Gasteiger charge is -2.06. The highest BCUT2D eigenvalue weighted by Crippen LogP contribution is 2.21. The molecular weight excluding hydrogens is 112 g/mol. The van der Waals surface area contributed by atoms with Crippen molar-refractivity contribution in [3.05, 3.63) is 12.7 Å². The molecule has 0 saturated carbocycles. The third kappa shape index (κ3) is 1.83. The Kier molecular flexibility index (Phi) is 2.29. The SMILES string of the molecule is C=CCC1CC[C@H](C)O1. The van der Waals surface area contributed by atoms with Crippen LogP contribution >= 0.6 is 0 Å². The zero-order chi connectivity index (χ0) is 6.69. The maximum atomic E-state index is 5.53. The van der Waals surface area contributed by atoms with Crippen LogP contribution in [0.2, 0.25) is 0 Å². The molecule has 0 bridgehead atoms. The van der Waals surface area contributed by atoms with Crippen LogP contribution in [-0.4, -0.2) is 12.2 Å². The van der Waals surface area contributed by atoms with Gasteiger partial charge >= 0.3 is 0 Å². The summed E-state index contributed by atoms with van der Waals surface area (Å²) in [6, 6.07) is 0. The molecule has 1 aliphatic rings. The minimum atomic E-state index is 0.470. The zero-order valence-corrected chi connectivity index (χ0v) is 5.97. The van der Waals surface area contributed by atoms with E-state index in [1.165, 1.54) is 12.8 Å². The summed E-state index contributed by atoms with van der Waals surface area (Å²) < 4.78 is 5.53. The van der Waals surface area contributed by atoms with Crippen molar-refractivity contribution in [2.75, 3.05) is 0 Å². The second kappa shape index (κ2) is 3.02. The topological polar surface area (TPSA) is 9.23 Å². The molecule has 9 heavy (non-hydrogen) atoms. The molecule has 0 N–H and O–H groups in total. The van der Waals surface area contributed by atoms with Gasteiger partial charge in [-0.1, -0.05) is 6.08 Å². The van der Waals surface area contributed by atoms with Gasteiger partial charge in [0, 0.05) is 0 Å². The predicted octanol–water partition coefficient (Wildman–Crippen LogP) is 2.13. The van der Waals surface area contributed by atoms with Crippen molar-refractivity contribution in [3.8, 4) is 0 Å². The summed E-state index contributed by atoms with van der Waals surface area (Å²) in [4.78, 5) is 0. The van der Waals surface area contributed by atoms with E-state index in [0.717, 1.165) is 6.42 Å². The third-order valence-electron chi connectivity index (χ3n) is 1.75. The molecule has 52 valence electrons. The van der Waals surface area contributed by atoms with Crippen molar-refractivity contribution < 1.29 is 4.74 Å². The fraction of sp³-hybridized carbons (Fsp3) is 0.750. The first kappa shape index (κ1) is 6.81. The molecule has 1 nitrogen and oxygen atoms in total. The normalized spacial score (nSPS) is 34.8. The molecule has 0 aromatic rings. The summed E-state index contributed by atoms with van der Waals surface area (Å²) in [5.41, 5.74) is 0. The van der Waals surface area contributed by atoms with Crippen molar-refractivity contribution in [1.29, 1.82) is 0 Å². The third-order valence-corrected chi connectivity index (χ3v) is 1.75. The van der Waals surface area contributed by atoms with Gasteiger partial charge in [-0.25, -0.2) is 0 Å². The summed E-state index contributed by atoms with van der Waals surface area (Å²) >= 11 is 0. The van der Waals surface area contributed by atoms with Gasteiger partial charge in [0.1, 0.15) is 0 Å². The highest BCUT2D eigenvalue weighted by atomic mass is 16.5. The second-order valence-corrected chi connectivity index (χ2v) is 2.67. The van der Waals surface area contributed by atoms with Gasteiger partial charge < -0.3 is 4.74 Å². The summed E-state index contributed by atoms with van der Waals surface area (Å²) in [6.07, 6.45) is 6.34. The molecule has 1 unspecified atom stereocenters. The summed E-state index contributed by atoms with van der Waals surface area (Å²) in [6.45, 7) is 5.80. The first-order valence-corrected chi connectivity index (χ1v) is 3.59. The van der Waals surface area contributed by atoms with Crippen LogP contribution in [0.4, 0.5) is 0 Å². The fourth-order valence-electron chi connectivity index (χ4n) is 1.24. The predicted molar refractivity (Wildman–Crippen MR) is 38.4 cm³/mol. The molecular formula is C8H14O. The van der Waals surface area contributed by atoms with Crippen molar-refractivity contribution in [2.45, 2.75) is 38.4 Å². The summed E-state index contributed by atoms with van der Waals surface area (Å²) in [7, 11) is 0. The Balaban J connectivity index is 2.21. The summed E-state index contributed by atoms with van der Waals surface area (Å²) in [5, 5.41) is 0. The highest BCUT2D eigenvalue weighted by molar-refractivity contribution is 4.78. The number of ether oxygens (including phenoxy) is 1. The molecule has 1 heteroatoms. The van der Waals surface area contributed by atoms with Gasteiger partial charge in [-0.3, -0.25) is 0 Å². The van der Waals surface area contributed by atoms with Crippen LogP contribution < -0.4 is 0 Å². The number of rotatable bonds is 2. The van der Waals surface area contributed by atoms with Crippen LogP contribution in [0, 0.1) is 0 Å². The van der Waals surface area contributed by atoms with E-state index in [9.17, 15) is 0 Å². The first-order valence-electron chi connectivity index (χ1n) is 3.59. The molecule has 1 fully saturated rings. The molecule has 0 aromatic heterocycles. The van der Waals surface area contributed by atoms with Crippen LogP contribution in [0.5, 0.6) is 0 Å². The summed E-state index contributed by atoms with van der Waals surface area (Å²) in [5.74, 6) is 0. The molecule has 1 saturated heterocycles. The Morgan fingerprint density at radius 2 is 2.44 bits per heavy atom. The van der Waals surface area contributed by atoms with E-state index in [0.29, 0.717) is 12.2 Å². The van der Waals surface area contributed by atoms with Gasteiger partial charge in [-0.2, -0.15) is 0 Å². The Morgan fingerprint density at radius 3 is 2.89 bits per heavy atom. The lowest BCUT2D eigenvalue weighted by Crippen LogP contribution is -2.05. The van der Waals surface area contributed by atoms with E-state index in [1.54, 1.807) is 0 Å². The van der Waals surface area contributed by atoms with Crippen LogP contribution in [0.3, 0.4) is 0 Å². The minimum absolute atomic E-state index is 0.470. The van der Waals surface area contributed by atoms with Crippen molar-refractivity contribution >= 4 is 0 Å². The fourth-order valence-corrected chi connectivity index (χ4v) is 1.24. The molecule has 0 aromatic carbocycles. The van der Waals surface area contributed by atoms with Gasteiger partial charge in [0.15, 0.2) is 0 Å². The quantitative estimate of drug-likeness (QED) is 0.515. The molecule has 1 aliphatic heterocycles. The average molecular weight is 126 g/mol. The Bertz CT molecular complexity index is 98.7. The highest BCUT2D eigenvalue weighted by Gasteiger charge is 2.19. The molecule has 0 spiro atoms. The van der Waals surface area contributed by atoms with Gasteiger partial charge in [0.25, 0.3) is 0 Å². The lowest BCUT2D eigenvalue weighted by molar-refractivity contribution is 0.0580. The molecule has 0 aliphatic carbocycles. The maximum Gasteiger partial charge on any atom is 0.0614 e. The van der Waals surface area contributed by atoms with Crippen LogP contribution in [0.1, 0.15) is 26.2 Å². The monoisotopic (exact) mass is 126 g/mol. The Labute approximate surface area is 56.7 Å². The zero-order valence-electron chi connectivity index (χ0n) is 5.97. The smallest absolute Gasteiger partial charge is 0.0614 e. The standard InChI is InChI=1S/C8H14O/c1-3-4-8-6-5-7(2)9-8/h3,7-8H,1,4-6H2,2H3/t7-,8?/m0/s1. The number of hydrogen-bond donors (Lipinski definition) is 0. The first-order chi connectivity index (χ1) is 4.33. The molecule has 2 atom stereocenters. The Morgan fingerprint density at radius 1 is 1.67 bits per heavy atom. The number of hydrogen-bond acceptors (Lipinski definition) is 1. The van der Waals surface area contributed by atoms with Crippen LogP contribution in [0.15, 0.2) is 12.7 Å². The molecule has 0 amide bonds. The van der Waals surface area contributed by atoms with E-state index < -0.39 is 0 Å². The van der Waals surface area contributed by atoms with Crippen LogP contribution in [0.25, 0.3) is 0 Å². The van der Waals surface area contributed by atoms with Crippen molar-refractivity contribution in [3.63, 3.8) is 0 Å². The molecule has 1 rings (SSSR count). The van der Waals surface area contributed by atoms with Gasteiger partial charge in [-0.15, -0.1) is 6.58 Å². The maximum absolute atomic E-state index is 5.53. The minimum Gasteiger partial charge on any atom is -0.375 e. The van der Waals surface area contributed by atoms with Gasteiger partial charge in [0.05, 0.1) is 12.2 Å². The van der Waals surface area contributed by atoms with E-state index in [4.69, 9.17) is 4.74 Å². The van der Waals surface area contributed by atoms with Crippen molar-refractivity contribution in [1.82, 2.24) is 0 Å². The average Bonchev–Trinajstić information content (AvgIpc) is 2.17. The second-order valence-electron chi connectivity index (χ2n) is 2.67. The molecule has 0 radical (unpaired) electrons. The van der Waals surface area contributed by atoms with E-state index in [-0.39, 0.29) is 0 Å².